The largest absolute Gasteiger partial charge is 0.394 e. The van der Waals surface area contributed by atoms with Crippen LogP contribution >= 0.6 is 0 Å². The highest BCUT2D eigenvalue weighted by Gasteiger charge is 2.18. The first-order chi connectivity index (χ1) is 10.8. The molecule has 0 spiro atoms. The van der Waals surface area contributed by atoms with Crippen LogP contribution < -0.4 is 5.32 Å². The van der Waals surface area contributed by atoms with Crippen molar-refractivity contribution in [2.24, 2.45) is 0 Å². The van der Waals surface area contributed by atoms with Crippen molar-refractivity contribution in [1.29, 1.82) is 0 Å². The van der Waals surface area contributed by atoms with Gasteiger partial charge in [-0.3, -0.25) is 4.79 Å². The van der Waals surface area contributed by atoms with Crippen LogP contribution in [-0.4, -0.2) is 32.9 Å². The number of amides is 1. The molecule has 5 nitrogen and oxygen atoms in total. The first kappa shape index (κ1) is 17.2. The molecule has 2 aromatic rings. The van der Waals surface area contributed by atoms with Crippen molar-refractivity contribution in [3.63, 3.8) is 0 Å². The first-order valence-corrected chi connectivity index (χ1v) is 7.85. The number of carbonyl (C=O) groups excluding carboxylic acids is 1. The molecule has 0 unspecified atom stereocenters. The molecule has 1 heterocycles. The summed E-state index contributed by atoms with van der Waals surface area (Å²) in [6, 6.07) is 10.1. The van der Waals surface area contributed by atoms with Gasteiger partial charge >= 0.3 is 0 Å². The molecule has 0 aliphatic carbocycles. The van der Waals surface area contributed by atoms with E-state index in [2.05, 4.69) is 10.4 Å². The molecular formula is C18H25N3O2. The number of aliphatic hydroxyl groups excluding tert-OH is 1. The molecule has 0 saturated heterocycles. The standard InChI is InChI=1S/C18H25N3O2/c1-13-11-14(2)21(20-13)16-8-5-15(6-9-16)7-10-17(23)19-18(3,4)12-22/h5-6,8-9,11,22H,7,10,12H2,1-4H3,(H,19,23). The van der Waals surface area contributed by atoms with Crippen molar-refractivity contribution in [3.8, 4) is 5.69 Å². The van der Waals surface area contributed by atoms with Crippen molar-refractivity contribution >= 4 is 5.91 Å². The molecule has 0 bridgehead atoms. The number of hydrogen-bond acceptors (Lipinski definition) is 3. The molecule has 1 aromatic carbocycles. The molecule has 0 aliphatic heterocycles. The predicted octanol–water partition coefficient (Wildman–Crippen LogP) is 2.31. The Balaban J connectivity index is 1.96. The maximum absolute atomic E-state index is 11.9. The Morgan fingerprint density at radius 2 is 1.91 bits per heavy atom. The van der Waals surface area contributed by atoms with Gasteiger partial charge in [0.05, 0.1) is 23.5 Å². The Morgan fingerprint density at radius 3 is 2.43 bits per heavy atom. The highest BCUT2D eigenvalue weighted by molar-refractivity contribution is 5.77. The van der Waals surface area contributed by atoms with Gasteiger partial charge in [0.1, 0.15) is 0 Å². The lowest BCUT2D eigenvalue weighted by Crippen LogP contribution is -2.46. The third-order valence-electron chi connectivity index (χ3n) is 3.70. The molecule has 0 aliphatic rings. The highest BCUT2D eigenvalue weighted by Crippen LogP contribution is 2.14. The van der Waals surface area contributed by atoms with E-state index in [1.807, 2.05) is 48.9 Å². The third kappa shape index (κ3) is 4.66. The second-order valence-corrected chi connectivity index (χ2v) is 6.60. The van der Waals surface area contributed by atoms with E-state index in [0.29, 0.717) is 12.8 Å². The van der Waals surface area contributed by atoms with Gasteiger partial charge in [-0.25, -0.2) is 4.68 Å². The van der Waals surface area contributed by atoms with Crippen LogP contribution in [0.3, 0.4) is 0 Å². The number of aliphatic hydroxyl groups is 1. The second-order valence-electron chi connectivity index (χ2n) is 6.60. The lowest BCUT2D eigenvalue weighted by Gasteiger charge is -2.23. The van der Waals surface area contributed by atoms with Gasteiger partial charge in [-0.15, -0.1) is 0 Å². The van der Waals surface area contributed by atoms with E-state index < -0.39 is 5.54 Å². The number of carbonyl (C=O) groups is 1. The fourth-order valence-corrected chi connectivity index (χ4v) is 2.43. The van der Waals surface area contributed by atoms with E-state index in [-0.39, 0.29) is 12.5 Å². The van der Waals surface area contributed by atoms with Gasteiger partial charge in [0, 0.05) is 12.1 Å². The zero-order valence-corrected chi connectivity index (χ0v) is 14.3. The van der Waals surface area contributed by atoms with Crippen LogP contribution in [-0.2, 0) is 11.2 Å². The maximum atomic E-state index is 11.9. The maximum Gasteiger partial charge on any atom is 0.220 e. The first-order valence-electron chi connectivity index (χ1n) is 7.85. The minimum atomic E-state index is -0.573. The molecular weight excluding hydrogens is 290 g/mol. The molecule has 1 amide bonds. The van der Waals surface area contributed by atoms with Crippen LogP contribution in [0.15, 0.2) is 30.3 Å². The minimum Gasteiger partial charge on any atom is -0.394 e. The molecule has 0 fully saturated rings. The Labute approximate surface area is 137 Å². The molecule has 0 radical (unpaired) electrons. The number of aromatic nitrogens is 2. The number of nitrogens with zero attached hydrogens (tertiary/aromatic N) is 2. The quantitative estimate of drug-likeness (QED) is 0.859. The van der Waals surface area contributed by atoms with Gasteiger partial charge in [-0.1, -0.05) is 12.1 Å². The zero-order valence-electron chi connectivity index (χ0n) is 14.3. The number of nitrogens with one attached hydrogen (secondary N) is 1. The van der Waals surface area contributed by atoms with Crippen molar-refractivity contribution in [3.05, 3.63) is 47.3 Å². The summed E-state index contributed by atoms with van der Waals surface area (Å²) in [6.45, 7) is 7.53. The lowest BCUT2D eigenvalue weighted by atomic mass is 10.1. The number of rotatable bonds is 6. The molecule has 0 atom stereocenters. The lowest BCUT2D eigenvalue weighted by molar-refractivity contribution is -0.123. The molecule has 5 heteroatoms. The van der Waals surface area contributed by atoms with Crippen LogP contribution in [0.4, 0.5) is 0 Å². The summed E-state index contributed by atoms with van der Waals surface area (Å²) < 4.78 is 1.91. The Morgan fingerprint density at radius 1 is 1.26 bits per heavy atom. The molecule has 0 saturated carbocycles. The normalized spacial score (nSPS) is 11.5. The minimum absolute atomic E-state index is 0.0494. The van der Waals surface area contributed by atoms with Gasteiger partial charge < -0.3 is 10.4 Å². The molecule has 23 heavy (non-hydrogen) atoms. The van der Waals surface area contributed by atoms with E-state index in [1.165, 1.54) is 0 Å². The Hall–Kier alpha value is -2.14. The van der Waals surface area contributed by atoms with Crippen molar-refractivity contribution in [1.82, 2.24) is 15.1 Å². The van der Waals surface area contributed by atoms with Crippen LogP contribution in [0.5, 0.6) is 0 Å². The Kier molecular flexibility index (Phi) is 5.21. The van der Waals surface area contributed by atoms with Crippen LogP contribution in [0.25, 0.3) is 5.69 Å². The number of benzene rings is 1. The summed E-state index contributed by atoms with van der Waals surface area (Å²) in [7, 11) is 0. The van der Waals surface area contributed by atoms with Gasteiger partial charge in [0.25, 0.3) is 0 Å². The SMILES string of the molecule is Cc1cc(C)n(-c2ccc(CCC(=O)NC(C)(C)CO)cc2)n1. The second kappa shape index (κ2) is 6.96. The highest BCUT2D eigenvalue weighted by atomic mass is 16.3. The fourth-order valence-electron chi connectivity index (χ4n) is 2.43. The van der Waals surface area contributed by atoms with E-state index >= 15 is 0 Å². The number of aryl methyl sites for hydroxylation is 3. The average Bonchev–Trinajstić information content (AvgIpc) is 2.84. The predicted molar refractivity (Wildman–Crippen MR) is 90.7 cm³/mol. The summed E-state index contributed by atoms with van der Waals surface area (Å²) in [5.74, 6) is -0.0494. The van der Waals surface area contributed by atoms with Gasteiger partial charge in [0.15, 0.2) is 0 Å². The smallest absolute Gasteiger partial charge is 0.220 e. The van der Waals surface area contributed by atoms with Gasteiger partial charge in [-0.05, 0) is 57.9 Å². The summed E-state index contributed by atoms with van der Waals surface area (Å²) >= 11 is 0. The summed E-state index contributed by atoms with van der Waals surface area (Å²) in [6.07, 6.45) is 1.08. The van der Waals surface area contributed by atoms with Crippen LogP contribution in [0.2, 0.25) is 0 Å². The van der Waals surface area contributed by atoms with E-state index in [1.54, 1.807) is 13.8 Å². The summed E-state index contributed by atoms with van der Waals surface area (Å²) in [5, 5.41) is 16.5. The fraction of sp³-hybridized carbons (Fsp3) is 0.444. The van der Waals surface area contributed by atoms with Crippen molar-refractivity contribution < 1.29 is 9.90 Å². The van der Waals surface area contributed by atoms with Gasteiger partial charge in [-0.2, -0.15) is 5.10 Å². The topological polar surface area (TPSA) is 67.2 Å². The van der Waals surface area contributed by atoms with Gasteiger partial charge in [0.2, 0.25) is 5.91 Å². The molecule has 124 valence electrons. The summed E-state index contributed by atoms with van der Waals surface area (Å²) in [4.78, 5) is 11.9. The molecule has 2 N–H and O–H groups in total. The van der Waals surface area contributed by atoms with E-state index in [4.69, 9.17) is 5.11 Å². The van der Waals surface area contributed by atoms with Crippen molar-refractivity contribution in [2.45, 2.75) is 46.1 Å². The molecule has 1 aromatic heterocycles. The molecule has 2 rings (SSSR count). The van der Waals surface area contributed by atoms with E-state index in [0.717, 1.165) is 22.6 Å². The van der Waals surface area contributed by atoms with Crippen molar-refractivity contribution in [2.75, 3.05) is 6.61 Å². The Bertz CT molecular complexity index is 672. The van der Waals surface area contributed by atoms with E-state index in [9.17, 15) is 4.79 Å². The van der Waals surface area contributed by atoms with Crippen LogP contribution in [0, 0.1) is 13.8 Å². The monoisotopic (exact) mass is 315 g/mol. The van der Waals surface area contributed by atoms with Crippen LogP contribution in [0.1, 0.15) is 37.2 Å². The zero-order chi connectivity index (χ0) is 17.0. The summed E-state index contributed by atoms with van der Waals surface area (Å²) in [5.41, 5.74) is 3.64. The average molecular weight is 315 g/mol. The third-order valence-corrected chi connectivity index (χ3v) is 3.70. The number of hydrogen-bond donors (Lipinski definition) is 2.